The number of pyridine rings is 1. The van der Waals surface area contributed by atoms with Gasteiger partial charge < -0.3 is 4.90 Å². The number of hydrogen-bond donors (Lipinski definition) is 0. The summed E-state index contributed by atoms with van der Waals surface area (Å²) in [4.78, 5) is 26.1. The third-order valence-corrected chi connectivity index (χ3v) is 5.35. The lowest BCUT2D eigenvalue weighted by Crippen LogP contribution is -2.43. The highest BCUT2D eigenvalue weighted by atomic mass is 16.7. The van der Waals surface area contributed by atoms with Gasteiger partial charge in [0.25, 0.3) is 5.56 Å². The van der Waals surface area contributed by atoms with Gasteiger partial charge in [0.15, 0.2) is 0 Å². The van der Waals surface area contributed by atoms with E-state index in [-0.39, 0.29) is 17.5 Å². The van der Waals surface area contributed by atoms with E-state index in [0.29, 0.717) is 12.3 Å². The van der Waals surface area contributed by atoms with Crippen LogP contribution in [0.25, 0.3) is 5.65 Å². The molecule has 0 N–H and O–H groups in total. The van der Waals surface area contributed by atoms with Crippen molar-refractivity contribution in [1.82, 2.24) is 14.4 Å². The van der Waals surface area contributed by atoms with Gasteiger partial charge in [-0.25, -0.2) is 4.98 Å². The first-order chi connectivity index (χ1) is 12.7. The maximum absolute atomic E-state index is 13.3. The van der Waals surface area contributed by atoms with E-state index in [1.54, 1.807) is 10.6 Å². The molecule has 4 heterocycles. The zero-order valence-electron chi connectivity index (χ0n) is 14.6. The summed E-state index contributed by atoms with van der Waals surface area (Å²) in [5.74, 6) is 1.04. The molecule has 1 saturated heterocycles. The summed E-state index contributed by atoms with van der Waals surface area (Å²) >= 11 is 0. The molecule has 5 rings (SSSR count). The Morgan fingerprint density at radius 1 is 1.15 bits per heavy atom. The third kappa shape index (κ3) is 2.34. The van der Waals surface area contributed by atoms with Crippen molar-refractivity contribution in [3.63, 3.8) is 0 Å². The summed E-state index contributed by atoms with van der Waals surface area (Å²) in [6.07, 6.45) is 1.78. The second-order valence-electron chi connectivity index (χ2n) is 7.00. The molecule has 0 spiro atoms. The van der Waals surface area contributed by atoms with Crippen molar-refractivity contribution in [2.45, 2.75) is 12.6 Å². The van der Waals surface area contributed by atoms with Gasteiger partial charge in [0.05, 0.1) is 18.2 Å². The van der Waals surface area contributed by atoms with Crippen molar-refractivity contribution >= 4 is 11.5 Å². The van der Waals surface area contributed by atoms with Crippen LogP contribution in [-0.4, -0.2) is 34.6 Å². The molecule has 0 aliphatic carbocycles. The predicted octanol–water partition coefficient (Wildman–Crippen LogP) is 2.25. The maximum atomic E-state index is 13.3. The Balaban J connectivity index is 1.70. The molecule has 0 saturated carbocycles. The number of fused-ring (bicyclic) bond motifs is 4. The third-order valence-electron chi connectivity index (χ3n) is 5.35. The molecule has 2 atom stereocenters. The van der Waals surface area contributed by atoms with Crippen LogP contribution in [-0.2, 0) is 11.4 Å². The van der Waals surface area contributed by atoms with Gasteiger partial charge in [-0.1, -0.05) is 36.4 Å². The predicted molar refractivity (Wildman–Crippen MR) is 98.9 cm³/mol. The van der Waals surface area contributed by atoms with Gasteiger partial charge in [0.1, 0.15) is 11.5 Å². The summed E-state index contributed by atoms with van der Waals surface area (Å²) in [6, 6.07) is 15.9. The molecule has 3 aromatic rings. The number of aromatic nitrogens is 2. The zero-order chi connectivity index (χ0) is 17.7. The van der Waals surface area contributed by atoms with Crippen LogP contribution in [0.4, 0.5) is 5.82 Å². The summed E-state index contributed by atoms with van der Waals surface area (Å²) in [5.41, 5.74) is 2.62. The molecule has 2 aromatic heterocycles. The Labute approximate surface area is 151 Å². The lowest BCUT2D eigenvalue weighted by Gasteiger charge is -2.37. The minimum Gasteiger partial charge on any atom is -0.351 e. The Hall–Kier alpha value is -2.70. The van der Waals surface area contributed by atoms with Crippen LogP contribution in [0.5, 0.6) is 0 Å². The van der Waals surface area contributed by atoms with Crippen molar-refractivity contribution in [1.29, 1.82) is 0 Å². The number of anilines is 1. The van der Waals surface area contributed by atoms with Crippen LogP contribution in [0.3, 0.4) is 0 Å². The smallest absolute Gasteiger partial charge is 0.264 e. The van der Waals surface area contributed by atoms with Crippen LogP contribution in [0.1, 0.15) is 17.2 Å². The number of nitrogens with zero attached hydrogens (tertiary/aromatic N) is 4. The van der Waals surface area contributed by atoms with Gasteiger partial charge in [-0.3, -0.25) is 14.0 Å². The molecule has 132 valence electrons. The molecule has 2 aliphatic heterocycles. The lowest BCUT2D eigenvalue weighted by molar-refractivity contribution is -0.110. The molecule has 0 amide bonds. The Morgan fingerprint density at radius 2 is 1.96 bits per heavy atom. The summed E-state index contributed by atoms with van der Waals surface area (Å²) in [5, 5.41) is 1.82. The molecule has 26 heavy (non-hydrogen) atoms. The van der Waals surface area contributed by atoms with Crippen LogP contribution < -0.4 is 10.5 Å². The fourth-order valence-electron chi connectivity index (χ4n) is 4.16. The molecular formula is C20H20N4O2. The van der Waals surface area contributed by atoms with Crippen LogP contribution in [0.2, 0.25) is 0 Å². The number of rotatable bonds is 2. The topological polar surface area (TPSA) is 50.1 Å². The van der Waals surface area contributed by atoms with Crippen LogP contribution in [0, 0.1) is 5.92 Å². The molecule has 0 radical (unpaired) electrons. The van der Waals surface area contributed by atoms with E-state index < -0.39 is 0 Å². The molecule has 6 heteroatoms. The van der Waals surface area contributed by atoms with E-state index >= 15 is 0 Å². The molecule has 0 bridgehead atoms. The van der Waals surface area contributed by atoms with E-state index in [1.165, 1.54) is 5.56 Å². The average Bonchev–Trinajstić information content (AvgIpc) is 3.03. The molecule has 6 nitrogen and oxygen atoms in total. The Bertz CT molecular complexity index is 1020. The molecular weight excluding hydrogens is 328 g/mol. The molecule has 1 fully saturated rings. The Morgan fingerprint density at radius 3 is 2.81 bits per heavy atom. The molecule has 1 aromatic carbocycles. The fraction of sp³-hybridized carbons (Fsp3) is 0.300. The second-order valence-corrected chi connectivity index (χ2v) is 7.00. The van der Waals surface area contributed by atoms with Crippen molar-refractivity contribution in [2.24, 2.45) is 5.92 Å². The van der Waals surface area contributed by atoms with Crippen LogP contribution >= 0.6 is 0 Å². The minimum absolute atomic E-state index is 0.00397. The first kappa shape index (κ1) is 15.5. The van der Waals surface area contributed by atoms with Crippen LogP contribution in [0.15, 0.2) is 59.5 Å². The summed E-state index contributed by atoms with van der Waals surface area (Å²) < 4.78 is 1.63. The maximum Gasteiger partial charge on any atom is 0.264 e. The minimum atomic E-state index is -0.0471. The highest BCUT2D eigenvalue weighted by molar-refractivity contribution is 5.57. The first-order valence-corrected chi connectivity index (χ1v) is 8.88. The zero-order valence-corrected chi connectivity index (χ0v) is 14.6. The number of hydrogen-bond acceptors (Lipinski definition) is 5. The van der Waals surface area contributed by atoms with E-state index in [2.05, 4.69) is 17.0 Å². The van der Waals surface area contributed by atoms with Gasteiger partial charge in [0.2, 0.25) is 0 Å². The van der Waals surface area contributed by atoms with E-state index in [9.17, 15) is 4.79 Å². The number of benzene rings is 1. The van der Waals surface area contributed by atoms with Gasteiger partial charge >= 0.3 is 0 Å². The van der Waals surface area contributed by atoms with Gasteiger partial charge in [0, 0.05) is 32.3 Å². The average molecular weight is 348 g/mol. The first-order valence-electron chi connectivity index (χ1n) is 8.88. The standard InChI is InChI=1S/C20H20N4O2/c1-22-18-15(13-26-22)12-23(11-14-7-3-2-4-8-14)19-17(18)20(25)24-10-6-5-9-16(24)21-19/h2-10,15,18H,11-13H2,1H3/t15-,18+/m1/s1. The number of hydroxylamine groups is 2. The highest BCUT2D eigenvalue weighted by Crippen LogP contribution is 2.41. The normalized spacial score (nSPS) is 22.4. The van der Waals surface area contributed by atoms with Gasteiger partial charge in [-0.05, 0) is 17.7 Å². The Kier molecular flexibility index (Phi) is 3.55. The lowest BCUT2D eigenvalue weighted by atomic mass is 9.90. The van der Waals surface area contributed by atoms with Crippen molar-refractivity contribution in [3.05, 3.63) is 76.2 Å². The van der Waals surface area contributed by atoms with E-state index in [1.807, 2.05) is 48.5 Å². The van der Waals surface area contributed by atoms with Gasteiger partial charge in [-0.2, -0.15) is 5.06 Å². The molecule has 2 aliphatic rings. The van der Waals surface area contributed by atoms with Gasteiger partial charge in [-0.15, -0.1) is 0 Å². The van der Waals surface area contributed by atoms with Crippen molar-refractivity contribution < 1.29 is 4.84 Å². The SMILES string of the molecule is CN1OC[C@H]2CN(Cc3ccccc3)c3nc4ccccn4c(=O)c3[C@H]21. The fourth-order valence-corrected chi connectivity index (χ4v) is 4.16. The van der Waals surface area contributed by atoms with Crippen molar-refractivity contribution in [2.75, 3.05) is 25.1 Å². The summed E-state index contributed by atoms with van der Waals surface area (Å²) in [6.45, 7) is 2.19. The monoisotopic (exact) mass is 348 g/mol. The van der Waals surface area contributed by atoms with E-state index in [0.717, 1.165) is 24.5 Å². The van der Waals surface area contributed by atoms with E-state index in [4.69, 9.17) is 9.82 Å². The summed E-state index contributed by atoms with van der Waals surface area (Å²) in [7, 11) is 1.90. The second kappa shape index (κ2) is 5.93. The highest BCUT2D eigenvalue weighted by Gasteiger charge is 2.44. The largest absolute Gasteiger partial charge is 0.351 e. The molecule has 0 unspecified atom stereocenters. The van der Waals surface area contributed by atoms with Crippen molar-refractivity contribution in [3.8, 4) is 0 Å². The quantitative estimate of drug-likeness (QED) is 0.711.